The molecule has 0 aromatic heterocycles. The SMILES string of the molecule is NC(=O)CONCc1ccc(Cl)c(Cl)c1. The number of hydrogen-bond donors (Lipinski definition) is 2. The molecule has 0 fully saturated rings. The number of nitrogens with one attached hydrogen (secondary N) is 1. The fraction of sp³-hybridized carbons (Fsp3) is 0.222. The van der Waals surface area contributed by atoms with Crippen LogP contribution in [0.4, 0.5) is 0 Å². The normalized spacial score (nSPS) is 10.3. The number of hydrogen-bond acceptors (Lipinski definition) is 3. The van der Waals surface area contributed by atoms with Gasteiger partial charge >= 0.3 is 0 Å². The minimum Gasteiger partial charge on any atom is -0.368 e. The van der Waals surface area contributed by atoms with Gasteiger partial charge in [0.25, 0.3) is 0 Å². The standard InChI is InChI=1S/C9H10Cl2N2O2/c10-7-2-1-6(3-8(7)11)4-13-15-5-9(12)14/h1-3,13H,4-5H2,(H2,12,14). The monoisotopic (exact) mass is 248 g/mol. The molecule has 1 rings (SSSR count). The number of carbonyl (C=O) groups is 1. The lowest BCUT2D eigenvalue weighted by atomic mass is 10.2. The molecule has 1 aromatic rings. The van der Waals surface area contributed by atoms with Crippen molar-refractivity contribution in [3.05, 3.63) is 33.8 Å². The summed E-state index contributed by atoms with van der Waals surface area (Å²) in [5, 5.41) is 0.976. The van der Waals surface area contributed by atoms with Crippen molar-refractivity contribution < 1.29 is 9.63 Å². The minimum atomic E-state index is -0.531. The van der Waals surface area contributed by atoms with Gasteiger partial charge in [-0.05, 0) is 17.7 Å². The fourth-order valence-corrected chi connectivity index (χ4v) is 1.23. The van der Waals surface area contributed by atoms with E-state index in [0.717, 1.165) is 5.56 Å². The van der Waals surface area contributed by atoms with Crippen LogP contribution in [0.25, 0.3) is 0 Å². The van der Waals surface area contributed by atoms with Crippen molar-refractivity contribution in [2.75, 3.05) is 6.61 Å². The predicted octanol–water partition coefficient (Wildman–Crippen LogP) is 1.50. The number of nitrogens with two attached hydrogens (primary N) is 1. The summed E-state index contributed by atoms with van der Waals surface area (Å²) in [6.07, 6.45) is 0. The van der Waals surface area contributed by atoms with Gasteiger partial charge in [0, 0.05) is 6.54 Å². The lowest BCUT2D eigenvalue weighted by molar-refractivity contribution is -0.125. The Labute approximate surface area is 97.3 Å². The Kier molecular flexibility index (Phi) is 4.84. The molecule has 4 nitrogen and oxygen atoms in total. The molecule has 0 heterocycles. The summed E-state index contributed by atoms with van der Waals surface area (Å²) < 4.78 is 0. The van der Waals surface area contributed by atoms with Crippen LogP contribution in [-0.2, 0) is 16.2 Å². The first kappa shape index (κ1) is 12.3. The van der Waals surface area contributed by atoms with Crippen LogP contribution >= 0.6 is 23.2 Å². The van der Waals surface area contributed by atoms with Gasteiger partial charge in [-0.2, -0.15) is 5.48 Å². The summed E-state index contributed by atoms with van der Waals surface area (Å²) in [6, 6.07) is 5.20. The molecular weight excluding hydrogens is 239 g/mol. The van der Waals surface area contributed by atoms with Crippen LogP contribution < -0.4 is 11.2 Å². The number of amides is 1. The van der Waals surface area contributed by atoms with E-state index in [1.165, 1.54) is 0 Å². The summed E-state index contributed by atoms with van der Waals surface area (Å²) in [4.78, 5) is 15.1. The number of carbonyl (C=O) groups excluding carboxylic acids is 1. The van der Waals surface area contributed by atoms with Gasteiger partial charge < -0.3 is 5.73 Å². The third kappa shape index (κ3) is 4.48. The Morgan fingerprint density at radius 1 is 1.40 bits per heavy atom. The Balaban J connectivity index is 2.38. The maximum absolute atomic E-state index is 10.3. The molecular formula is C9H10Cl2N2O2. The molecule has 1 amide bonds. The van der Waals surface area contributed by atoms with Crippen molar-refractivity contribution in [2.45, 2.75) is 6.54 Å². The Hall–Kier alpha value is -0.810. The van der Waals surface area contributed by atoms with E-state index in [2.05, 4.69) is 5.48 Å². The molecule has 1 aromatic carbocycles. The lowest BCUT2D eigenvalue weighted by Gasteiger charge is -2.05. The van der Waals surface area contributed by atoms with Gasteiger partial charge in [-0.3, -0.25) is 9.63 Å². The van der Waals surface area contributed by atoms with Gasteiger partial charge in [-0.1, -0.05) is 29.3 Å². The van der Waals surface area contributed by atoms with Gasteiger partial charge in [0.2, 0.25) is 5.91 Å². The number of hydroxylamine groups is 1. The summed E-state index contributed by atoms with van der Waals surface area (Å²) in [7, 11) is 0. The number of halogens is 2. The molecule has 3 N–H and O–H groups in total. The number of benzene rings is 1. The van der Waals surface area contributed by atoms with E-state index < -0.39 is 5.91 Å². The average molecular weight is 249 g/mol. The highest BCUT2D eigenvalue weighted by atomic mass is 35.5. The Morgan fingerprint density at radius 3 is 2.73 bits per heavy atom. The smallest absolute Gasteiger partial charge is 0.245 e. The zero-order valence-electron chi connectivity index (χ0n) is 7.80. The second kappa shape index (κ2) is 5.92. The van der Waals surface area contributed by atoms with Gasteiger partial charge in [0.05, 0.1) is 10.0 Å². The van der Waals surface area contributed by atoms with E-state index in [9.17, 15) is 4.79 Å². The topological polar surface area (TPSA) is 64.4 Å². The minimum absolute atomic E-state index is 0.165. The predicted molar refractivity (Wildman–Crippen MR) is 58.4 cm³/mol. The van der Waals surface area contributed by atoms with Crippen molar-refractivity contribution in [1.29, 1.82) is 0 Å². The Morgan fingerprint density at radius 2 is 2.13 bits per heavy atom. The van der Waals surface area contributed by atoms with Crippen molar-refractivity contribution in [2.24, 2.45) is 5.73 Å². The van der Waals surface area contributed by atoms with Crippen molar-refractivity contribution in [3.63, 3.8) is 0 Å². The lowest BCUT2D eigenvalue weighted by Crippen LogP contribution is -2.24. The molecule has 0 saturated heterocycles. The highest BCUT2D eigenvalue weighted by Crippen LogP contribution is 2.22. The van der Waals surface area contributed by atoms with E-state index in [0.29, 0.717) is 16.6 Å². The van der Waals surface area contributed by atoms with Crippen LogP contribution in [-0.4, -0.2) is 12.5 Å². The highest BCUT2D eigenvalue weighted by molar-refractivity contribution is 6.42. The molecule has 0 aliphatic heterocycles. The maximum Gasteiger partial charge on any atom is 0.245 e. The van der Waals surface area contributed by atoms with Gasteiger partial charge in [0.1, 0.15) is 6.61 Å². The van der Waals surface area contributed by atoms with E-state index >= 15 is 0 Å². The largest absolute Gasteiger partial charge is 0.368 e. The van der Waals surface area contributed by atoms with Crippen molar-refractivity contribution >= 4 is 29.1 Å². The first-order chi connectivity index (χ1) is 7.09. The quantitative estimate of drug-likeness (QED) is 0.614. The molecule has 15 heavy (non-hydrogen) atoms. The van der Waals surface area contributed by atoms with Crippen molar-refractivity contribution in [3.8, 4) is 0 Å². The van der Waals surface area contributed by atoms with Gasteiger partial charge in [-0.25, -0.2) is 0 Å². The van der Waals surface area contributed by atoms with E-state index in [1.807, 2.05) is 0 Å². The molecule has 0 spiro atoms. The first-order valence-corrected chi connectivity index (χ1v) is 4.92. The summed E-state index contributed by atoms with van der Waals surface area (Å²) in [5.41, 5.74) is 8.35. The summed E-state index contributed by atoms with van der Waals surface area (Å²) in [5.74, 6) is -0.531. The molecule has 6 heteroatoms. The highest BCUT2D eigenvalue weighted by Gasteiger charge is 1.99. The molecule has 0 unspecified atom stereocenters. The van der Waals surface area contributed by atoms with Crippen LogP contribution in [0.15, 0.2) is 18.2 Å². The van der Waals surface area contributed by atoms with Crippen LogP contribution in [0.1, 0.15) is 5.56 Å². The van der Waals surface area contributed by atoms with Crippen LogP contribution in [0, 0.1) is 0 Å². The maximum atomic E-state index is 10.3. The Bertz CT molecular complexity index is 358. The summed E-state index contributed by atoms with van der Waals surface area (Å²) in [6.45, 7) is 0.255. The zero-order valence-corrected chi connectivity index (χ0v) is 9.31. The molecule has 0 saturated carbocycles. The fourth-order valence-electron chi connectivity index (χ4n) is 0.906. The van der Waals surface area contributed by atoms with Crippen LogP contribution in [0.5, 0.6) is 0 Å². The van der Waals surface area contributed by atoms with Crippen LogP contribution in [0.2, 0.25) is 10.0 Å². The van der Waals surface area contributed by atoms with E-state index in [1.54, 1.807) is 18.2 Å². The second-order valence-corrected chi connectivity index (χ2v) is 3.64. The molecule has 0 atom stereocenters. The zero-order chi connectivity index (χ0) is 11.3. The van der Waals surface area contributed by atoms with E-state index in [4.69, 9.17) is 33.8 Å². The number of primary amides is 1. The molecule has 82 valence electrons. The van der Waals surface area contributed by atoms with E-state index in [-0.39, 0.29) is 6.61 Å². The first-order valence-electron chi connectivity index (χ1n) is 4.16. The molecule has 0 aliphatic carbocycles. The second-order valence-electron chi connectivity index (χ2n) is 2.82. The third-order valence-electron chi connectivity index (χ3n) is 1.58. The number of rotatable bonds is 5. The average Bonchev–Trinajstić information content (AvgIpc) is 2.18. The van der Waals surface area contributed by atoms with Gasteiger partial charge in [0.15, 0.2) is 0 Å². The molecule has 0 bridgehead atoms. The van der Waals surface area contributed by atoms with Crippen molar-refractivity contribution in [1.82, 2.24) is 5.48 Å². The van der Waals surface area contributed by atoms with Gasteiger partial charge in [-0.15, -0.1) is 0 Å². The summed E-state index contributed by atoms with van der Waals surface area (Å²) >= 11 is 11.5. The molecule has 0 aliphatic rings. The molecule has 0 radical (unpaired) electrons. The van der Waals surface area contributed by atoms with Crippen LogP contribution in [0.3, 0.4) is 0 Å². The third-order valence-corrected chi connectivity index (χ3v) is 2.32.